The molecule has 1 aromatic heterocycles. The Bertz CT molecular complexity index is 553. The van der Waals surface area contributed by atoms with Crippen LogP contribution in [-0.4, -0.2) is 40.7 Å². The van der Waals surface area contributed by atoms with Crippen LogP contribution >= 0.6 is 0 Å². The summed E-state index contributed by atoms with van der Waals surface area (Å²) in [6.45, 7) is 6.37. The first-order valence-electron chi connectivity index (χ1n) is 7.32. The van der Waals surface area contributed by atoms with Crippen LogP contribution in [0.15, 0.2) is 18.3 Å². The summed E-state index contributed by atoms with van der Waals surface area (Å²) in [5.41, 5.74) is -0.987. The van der Waals surface area contributed by atoms with Crippen molar-refractivity contribution in [1.82, 2.24) is 9.88 Å². The number of amides is 1. The number of rotatable bonds is 2. The molecule has 0 aromatic carbocycles. The Hall–Kier alpha value is -1.99. The van der Waals surface area contributed by atoms with Crippen LogP contribution in [0.3, 0.4) is 0 Å². The fourth-order valence-electron chi connectivity index (χ4n) is 2.25. The topological polar surface area (TPSA) is 54.5 Å². The molecule has 0 radical (unpaired) electrons. The molecule has 2 heterocycles. The van der Waals surface area contributed by atoms with E-state index in [-0.39, 0.29) is 12.1 Å². The molecule has 1 amide bonds. The van der Waals surface area contributed by atoms with E-state index < -0.39 is 17.5 Å². The molecule has 1 N–H and O–H groups in total. The van der Waals surface area contributed by atoms with Crippen molar-refractivity contribution in [2.75, 3.05) is 18.4 Å². The third-order valence-corrected chi connectivity index (χ3v) is 3.26. The molecule has 128 valence electrons. The van der Waals surface area contributed by atoms with Gasteiger partial charge in [0.1, 0.15) is 11.3 Å². The molecule has 5 nitrogen and oxygen atoms in total. The van der Waals surface area contributed by atoms with Crippen molar-refractivity contribution in [2.24, 2.45) is 0 Å². The van der Waals surface area contributed by atoms with Crippen molar-refractivity contribution >= 4 is 11.8 Å². The molecule has 1 atom stereocenters. The smallest absolute Gasteiger partial charge is 0.433 e. The minimum Gasteiger partial charge on any atom is -0.444 e. The van der Waals surface area contributed by atoms with E-state index in [1.807, 2.05) is 0 Å². The van der Waals surface area contributed by atoms with Crippen molar-refractivity contribution in [2.45, 2.75) is 45.0 Å². The van der Waals surface area contributed by atoms with Gasteiger partial charge in [0.05, 0.1) is 11.9 Å². The molecule has 23 heavy (non-hydrogen) atoms. The lowest BCUT2D eigenvalue weighted by Gasteiger charge is -2.24. The Morgan fingerprint density at radius 2 is 2.04 bits per heavy atom. The SMILES string of the molecule is CC(C)(C)OC(=O)N1CCC(Nc2ccc(C(F)(F)F)nc2)C1. The largest absolute Gasteiger partial charge is 0.444 e. The third kappa shape index (κ3) is 5.01. The standard InChI is InChI=1S/C15H20F3N3O2/c1-14(2,3)23-13(22)21-7-6-11(9-21)20-10-4-5-12(19-8-10)15(16,17)18/h4-5,8,11,20H,6-7,9H2,1-3H3. The molecule has 0 bridgehead atoms. The number of likely N-dealkylation sites (tertiary alicyclic amines) is 1. The highest BCUT2D eigenvalue weighted by molar-refractivity contribution is 5.68. The summed E-state index contributed by atoms with van der Waals surface area (Å²) in [5, 5.41) is 3.09. The van der Waals surface area contributed by atoms with Gasteiger partial charge in [-0.05, 0) is 39.3 Å². The maximum atomic E-state index is 12.5. The van der Waals surface area contributed by atoms with E-state index in [1.54, 1.807) is 25.7 Å². The predicted molar refractivity (Wildman–Crippen MR) is 79.1 cm³/mol. The van der Waals surface area contributed by atoms with Crippen molar-refractivity contribution in [3.05, 3.63) is 24.0 Å². The first-order valence-corrected chi connectivity index (χ1v) is 7.32. The van der Waals surface area contributed by atoms with E-state index in [4.69, 9.17) is 4.74 Å². The van der Waals surface area contributed by atoms with E-state index in [9.17, 15) is 18.0 Å². The van der Waals surface area contributed by atoms with Gasteiger partial charge >= 0.3 is 12.3 Å². The minimum atomic E-state index is -4.45. The lowest BCUT2D eigenvalue weighted by molar-refractivity contribution is -0.141. The molecule has 1 aromatic rings. The average Bonchev–Trinajstić information content (AvgIpc) is 2.85. The summed E-state index contributed by atoms with van der Waals surface area (Å²) < 4.78 is 42.7. The van der Waals surface area contributed by atoms with Gasteiger partial charge in [0.25, 0.3) is 0 Å². The summed E-state index contributed by atoms with van der Waals surface area (Å²) >= 11 is 0. The zero-order chi connectivity index (χ0) is 17.3. The Labute approximate surface area is 132 Å². The maximum Gasteiger partial charge on any atom is 0.433 e. The molecule has 0 aliphatic carbocycles. The molecule has 1 unspecified atom stereocenters. The van der Waals surface area contributed by atoms with Crippen LogP contribution in [0.5, 0.6) is 0 Å². The second-order valence-corrected chi connectivity index (χ2v) is 6.49. The summed E-state index contributed by atoms with van der Waals surface area (Å²) in [7, 11) is 0. The number of halogens is 3. The van der Waals surface area contributed by atoms with Gasteiger partial charge in [-0.2, -0.15) is 13.2 Å². The lowest BCUT2D eigenvalue weighted by Crippen LogP contribution is -2.36. The first kappa shape index (κ1) is 17.4. The predicted octanol–water partition coefficient (Wildman–Crippen LogP) is 3.52. The molecule has 1 aliphatic heterocycles. The zero-order valence-electron chi connectivity index (χ0n) is 13.3. The molecular formula is C15H20F3N3O2. The number of aromatic nitrogens is 1. The molecule has 1 aliphatic rings. The number of hydrogen-bond acceptors (Lipinski definition) is 4. The van der Waals surface area contributed by atoms with E-state index in [0.29, 0.717) is 25.2 Å². The van der Waals surface area contributed by atoms with Gasteiger partial charge in [-0.25, -0.2) is 9.78 Å². The van der Waals surface area contributed by atoms with Gasteiger partial charge in [0, 0.05) is 19.1 Å². The lowest BCUT2D eigenvalue weighted by atomic mass is 10.2. The van der Waals surface area contributed by atoms with E-state index in [0.717, 1.165) is 12.3 Å². The number of carbonyl (C=O) groups is 1. The first-order chi connectivity index (χ1) is 10.5. The Kier molecular flexibility index (Phi) is 4.72. The summed E-state index contributed by atoms with van der Waals surface area (Å²) in [4.78, 5) is 16.9. The number of hydrogen-bond donors (Lipinski definition) is 1. The average molecular weight is 331 g/mol. The highest BCUT2D eigenvalue weighted by Gasteiger charge is 2.32. The monoisotopic (exact) mass is 331 g/mol. The molecule has 0 saturated carbocycles. The third-order valence-electron chi connectivity index (χ3n) is 3.26. The van der Waals surface area contributed by atoms with Crippen LogP contribution in [0.2, 0.25) is 0 Å². The fourth-order valence-corrected chi connectivity index (χ4v) is 2.25. The van der Waals surface area contributed by atoms with Crippen LogP contribution in [0, 0.1) is 0 Å². The number of pyridine rings is 1. The number of anilines is 1. The minimum absolute atomic E-state index is 0.0407. The van der Waals surface area contributed by atoms with Crippen molar-refractivity contribution < 1.29 is 22.7 Å². The fraction of sp³-hybridized carbons (Fsp3) is 0.600. The Balaban J connectivity index is 1.89. The molecule has 1 saturated heterocycles. The van der Waals surface area contributed by atoms with Crippen molar-refractivity contribution in [3.8, 4) is 0 Å². The van der Waals surface area contributed by atoms with Crippen LogP contribution in [0.1, 0.15) is 32.9 Å². The highest BCUT2D eigenvalue weighted by atomic mass is 19.4. The van der Waals surface area contributed by atoms with Gasteiger partial charge < -0.3 is 15.0 Å². The number of ether oxygens (including phenoxy) is 1. The second kappa shape index (κ2) is 6.25. The molecular weight excluding hydrogens is 311 g/mol. The van der Waals surface area contributed by atoms with Crippen LogP contribution < -0.4 is 5.32 Å². The van der Waals surface area contributed by atoms with Gasteiger partial charge in [-0.3, -0.25) is 0 Å². The van der Waals surface area contributed by atoms with Gasteiger partial charge in [0.2, 0.25) is 0 Å². The van der Waals surface area contributed by atoms with E-state index >= 15 is 0 Å². The number of nitrogens with zero attached hydrogens (tertiary/aromatic N) is 2. The van der Waals surface area contributed by atoms with Crippen molar-refractivity contribution in [1.29, 1.82) is 0 Å². The molecule has 0 spiro atoms. The normalized spacial score (nSPS) is 18.9. The quantitative estimate of drug-likeness (QED) is 0.901. The highest BCUT2D eigenvalue weighted by Crippen LogP contribution is 2.28. The summed E-state index contributed by atoms with van der Waals surface area (Å²) in [6, 6.07) is 2.23. The Morgan fingerprint density at radius 3 is 2.57 bits per heavy atom. The maximum absolute atomic E-state index is 12.5. The van der Waals surface area contributed by atoms with Crippen LogP contribution in [0.4, 0.5) is 23.7 Å². The molecule has 1 fully saturated rings. The van der Waals surface area contributed by atoms with Crippen LogP contribution in [-0.2, 0) is 10.9 Å². The number of carbonyl (C=O) groups excluding carboxylic acids is 1. The molecule has 2 rings (SSSR count). The number of nitrogens with one attached hydrogen (secondary N) is 1. The van der Waals surface area contributed by atoms with Gasteiger partial charge in [-0.1, -0.05) is 0 Å². The van der Waals surface area contributed by atoms with E-state index in [2.05, 4.69) is 10.3 Å². The molecule has 8 heteroatoms. The van der Waals surface area contributed by atoms with Crippen molar-refractivity contribution in [3.63, 3.8) is 0 Å². The number of alkyl halides is 3. The second-order valence-electron chi connectivity index (χ2n) is 6.49. The summed E-state index contributed by atoms with van der Waals surface area (Å²) in [6.07, 6.45) is -2.98. The summed E-state index contributed by atoms with van der Waals surface area (Å²) in [5.74, 6) is 0. The van der Waals surface area contributed by atoms with Gasteiger partial charge in [-0.15, -0.1) is 0 Å². The zero-order valence-corrected chi connectivity index (χ0v) is 13.3. The van der Waals surface area contributed by atoms with Gasteiger partial charge in [0.15, 0.2) is 0 Å². The van der Waals surface area contributed by atoms with Crippen LogP contribution in [0.25, 0.3) is 0 Å². The Morgan fingerprint density at radius 1 is 1.35 bits per heavy atom. The van der Waals surface area contributed by atoms with E-state index in [1.165, 1.54) is 6.07 Å².